The Hall–Kier alpha value is -1.46. The molecule has 112 valence electrons. The molecule has 2 unspecified atom stereocenters. The van der Waals surface area contributed by atoms with Gasteiger partial charge < -0.3 is 5.32 Å². The molecule has 0 spiro atoms. The molecule has 0 aliphatic carbocycles. The lowest BCUT2D eigenvalue weighted by molar-refractivity contribution is 0.126. The Kier molecular flexibility index (Phi) is 3.39. The van der Waals surface area contributed by atoms with Gasteiger partial charge in [-0.25, -0.2) is 9.97 Å². The Bertz CT molecular complexity index is 629. The highest BCUT2D eigenvalue weighted by Gasteiger charge is 2.30. The summed E-state index contributed by atoms with van der Waals surface area (Å²) in [4.78, 5) is 12.0. The summed E-state index contributed by atoms with van der Waals surface area (Å²) in [5.74, 6) is 1.18. The van der Waals surface area contributed by atoms with Crippen molar-refractivity contribution in [3.63, 3.8) is 0 Å². The Morgan fingerprint density at radius 1 is 1.24 bits per heavy atom. The number of likely N-dealkylation sites (tertiary alicyclic amines) is 1. The predicted octanol–water partition coefficient (Wildman–Crippen LogP) is 2.47. The minimum absolute atomic E-state index is 0.384. The summed E-state index contributed by atoms with van der Waals surface area (Å²) in [7, 11) is 2.23. The Labute approximate surface area is 125 Å². The van der Waals surface area contributed by atoms with E-state index in [9.17, 15) is 0 Å². The second kappa shape index (κ2) is 5.39. The second-order valence-corrected chi connectivity index (χ2v) is 6.29. The molecule has 4 rings (SSSR count). The van der Waals surface area contributed by atoms with Crippen LogP contribution in [0.1, 0.15) is 50.1 Å². The van der Waals surface area contributed by atoms with Crippen LogP contribution in [0.4, 0.5) is 0 Å². The Morgan fingerprint density at radius 3 is 3.00 bits per heavy atom. The maximum absolute atomic E-state index is 4.92. The SMILES string of the molecule is CN1CCCCC1n1c(C2CCCN2)nc2cccnc21. The summed E-state index contributed by atoms with van der Waals surface area (Å²) in [5, 5.41) is 3.60. The maximum atomic E-state index is 4.92. The summed E-state index contributed by atoms with van der Waals surface area (Å²) < 4.78 is 2.40. The van der Waals surface area contributed by atoms with Gasteiger partial charge in [-0.1, -0.05) is 0 Å². The zero-order valence-corrected chi connectivity index (χ0v) is 12.6. The van der Waals surface area contributed by atoms with E-state index in [1.54, 1.807) is 0 Å². The average Bonchev–Trinajstić information content (AvgIpc) is 3.15. The quantitative estimate of drug-likeness (QED) is 0.921. The highest BCUT2D eigenvalue weighted by atomic mass is 15.3. The van der Waals surface area contributed by atoms with E-state index in [4.69, 9.17) is 4.98 Å². The fourth-order valence-electron chi connectivity index (χ4n) is 3.78. The number of hydrogen-bond acceptors (Lipinski definition) is 4. The zero-order valence-electron chi connectivity index (χ0n) is 12.6. The molecule has 21 heavy (non-hydrogen) atoms. The predicted molar refractivity (Wildman–Crippen MR) is 83.0 cm³/mol. The van der Waals surface area contributed by atoms with Crippen LogP contribution in [0.3, 0.4) is 0 Å². The van der Waals surface area contributed by atoms with E-state index in [0.29, 0.717) is 12.2 Å². The van der Waals surface area contributed by atoms with Crippen molar-refractivity contribution in [2.45, 2.75) is 44.3 Å². The normalized spacial score (nSPS) is 27.5. The van der Waals surface area contributed by atoms with Crippen molar-refractivity contribution in [2.24, 2.45) is 0 Å². The number of aromatic nitrogens is 3. The summed E-state index contributed by atoms with van der Waals surface area (Å²) in [6.45, 7) is 2.26. The summed E-state index contributed by atoms with van der Waals surface area (Å²) >= 11 is 0. The largest absolute Gasteiger partial charge is 0.307 e. The van der Waals surface area contributed by atoms with E-state index in [-0.39, 0.29) is 0 Å². The molecule has 2 fully saturated rings. The summed E-state index contributed by atoms with van der Waals surface area (Å²) in [6, 6.07) is 4.45. The van der Waals surface area contributed by atoms with Crippen LogP contribution < -0.4 is 5.32 Å². The van der Waals surface area contributed by atoms with E-state index in [1.165, 1.54) is 37.9 Å². The number of imidazole rings is 1. The maximum Gasteiger partial charge on any atom is 0.161 e. The lowest BCUT2D eigenvalue weighted by Gasteiger charge is -2.35. The van der Waals surface area contributed by atoms with E-state index in [0.717, 1.165) is 24.3 Å². The highest BCUT2D eigenvalue weighted by molar-refractivity contribution is 5.71. The van der Waals surface area contributed by atoms with Gasteiger partial charge in [0.1, 0.15) is 11.3 Å². The molecular weight excluding hydrogens is 262 g/mol. The fraction of sp³-hybridized carbons (Fsp3) is 0.625. The first kappa shape index (κ1) is 13.2. The van der Waals surface area contributed by atoms with Crippen molar-refractivity contribution in [3.05, 3.63) is 24.2 Å². The van der Waals surface area contributed by atoms with Crippen LogP contribution in [0.25, 0.3) is 11.2 Å². The molecule has 2 aromatic rings. The van der Waals surface area contributed by atoms with Gasteiger partial charge in [0.15, 0.2) is 5.65 Å². The van der Waals surface area contributed by atoms with Gasteiger partial charge in [-0.3, -0.25) is 9.47 Å². The van der Waals surface area contributed by atoms with Gasteiger partial charge in [-0.05, 0) is 64.4 Å². The Balaban J connectivity index is 1.85. The van der Waals surface area contributed by atoms with Gasteiger partial charge in [0.25, 0.3) is 0 Å². The first-order valence-electron chi connectivity index (χ1n) is 8.11. The van der Waals surface area contributed by atoms with E-state index >= 15 is 0 Å². The monoisotopic (exact) mass is 285 g/mol. The van der Waals surface area contributed by atoms with Crippen molar-refractivity contribution in [3.8, 4) is 0 Å². The molecule has 0 amide bonds. The number of nitrogens with one attached hydrogen (secondary N) is 1. The standard InChI is InChI=1S/C16H23N5/c1-20-11-3-2-8-14(20)21-15-13(7-5-10-18-15)19-16(21)12-6-4-9-17-12/h5,7,10,12,14,17H,2-4,6,8-9,11H2,1H3. The molecule has 5 nitrogen and oxygen atoms in total. The number of pyridine rings is 1. The van der Waals surface area contributed by atoms with Gasteiger partial charge in [0.2, 0.25) is 0 Å². The van der Waals surface area contributed by atoms with Crippen LogP contribution >= 0.6 is 0 Å². The minimum atomic E-state index is 0.384. The molecule has 2 saturated heterocycles. The number of piperidine rings is 1. The number of nitrogens with zero attached hydrogens (tertiary/aromatic N) is 4. The van der Waals surface area contributed by atoms with Gasteiger partial charge in [-0.2, -0.15) is 0 Å². The van der Waals surface area contributed by atoms with Gasteiger partial charge in [-0.15, -0.1) is 0 Å². The van der Waals surface area contributed by atoms with Crippen molar-refractivity contribution in [1.29, 1.82) is 0 Å². The molecule has 2 aliphatic heterocycles. The lowest BCUT2D eigenvalue weighted by atomic mass is 10.1. The van der Waals surface area contributed by atoms with Crippen LogP contribution in [-0.2, 0) is 0 Å². The van der Waals surface area contributed by atoms with Gasteiger partial charge in [0.05, 0.1) is 12.2 Å². The third kappa shape index (κ3) is 2.24. The highest BCUT2D eigenvalue weighted by Crippen LogP contribution is 2.33. The average molecular weight is 285 g/mol. The van der Waals surface area contributed by atoms with Crippen molar-refractivity contribution in [2.75, 3.05) is 20.1 Å². The summed E-state index contributed by atoms with van der Waals surface area (Å²) in [6.07, 6.45) is 8.48. The molecule has 5 heteroatoms. The molecule has 1 N–H and O–H groups in total. The van der Waals surface area contributed by atoms with Crippen molar-refractivity contribution >= 4 is 11.2 Å². The van der Waals surface area contributed by atoms with Crippen molar-refractivity contribution in [1.82, 2.24) is 24.8 Å². The fourth-order valence-corrected chi connectivity index (χ4v) is 3.78. The summed E-state index contributed by atoms with van der Waals surface area (Å²) in [5.41, 5.74) is 2.07. The third-order valence-electron chi connectivity index (χ3n) is 4.88. The first-order chi connectivity index (χ1) is 10.3. The minimum Gasteiger partial charge on any atom is -0.307 e. The molecule has 4 heterocycles. The number of rotatable bonds is 2. The third-order valence-corrected chi connectivity index (χ3v) is 4.88. The number of hydrogen-bond donors (Lipinski definition) is 1. The molecule has 0 bridgehead atoms. The first-order valence-corrected chi connectivity index (χ1v) is 8.11. The second-order valence-electron chi connectivity index (χ2n) is 6.29. The van der Waals surface area contributed by atoms with E-state index < -0.39 is 0 Å². The molecule has 2 atom stereocenters. The van der Waals surface area contributed by atoms with Crippen LogP contribution in [0, 0.1) is 0 Å². The van der Waals surface area contributed by atoms with Gasteiger partial charge in [0, 0.05) is 6.20 Å². The lowest BCUT2D eigenvalue weighted by Crippen LogP contribution is -2.35. The van der Waals surface area contributed by atoms with Crippen LogP contribution in [0.5, 0.6) is 0 Å². The van der Waals surface area contributed by atoms with Crippen LogP contribution in [0.2, 0.25) is 0 Å². The smallest absolute Gasteiger partial charge is 0.161 e. The van der Waals surface area contributed by atoms with E-state index in [1.807, 2.05) is 12.3 Å². The molecule has 0 aromatic carbocycles. The molecule has 2 aromatic heterocycles. The van der Waals surface area contributed by atoms with Crippen LogP contribution in [0.15, 0.2) is 18.3 Å². The number of fused-ring (bicyclic) bond motifs is 1. The van der Waals surface area contributed by atoms with Crippen molar-refractivity contribution < 1.29 is 0 Å². The van der Waals surface area contributed by atoms with E-state index in [2.05, 4.69) is 32.9 Å². The molecule has 0 radical (unpaired) electrons. The molecular formula is C16H23N5. The van der Waals surface area contributed by atoms with Gasteiger partial charge >= 0.3 is 0 Å². The molecule has 2 aliphatic rings. The van der Waals surface area contributed by atoms with Crippen LogP contribution in [-0.4, -0.2) is 39.6 Å². The zero-order chi connectivity index (χ0) is 14.2. The molecule has 0 saturated carbocycles. The topological polar surface area (TPSA) is 46.0 Å². The Morgan fingerprint density at radius 2 is 2.19 bits per heavy atom.